The molecule has 1 aromatic heterocycles. The highest BCUT2D eigenvalue weighted by Gasteiger charge is 2.14. The van der Waals surface area contributed by atoms with Gasteiger partial charge in [-0.3, -0.25) is 0 Å². The smallest absolute Gasteiger partial charge is 0.119 e. The number of hydrogen-bond acceptors (Lipinski definition) is 2. The summed E-state index contributed by atoms with van der Waals surface area (Å²) in [4.78, 5) is 1.07. The third kappa shape index (κ3) is 3.41. The van der Waals surface area contributed by atoms with E-state index in [0.29, 0.717) is 0 Å². The van der Waals surface area contributed by atoms with Crippen LogP contribution in [0.5, 0.6) is 5.75 Å². The Morgan fingerprint density at radius 2 is 2.17 bits per heavy atom. The Morgan fingerprint density at radius 3 is 2.78 bits per heavy atom. The Hall–Kier alpha value is -0.220. The summed E-state index contributed by atoms with van der Waals surface area (Å²) in [5, 5.41) is -0.0779. The molecule has 0 saturated heterocycles. The maximum absolute atomic E-state index is 6.41. The summed E-state index contributed by atoms with van der Waals surface area (Å²) >= 11 is 17.3. The van der Waals surface area contributed by atoms with Gasteiger partial charge >= 0.3 is 0 Å². The van der Waals surface area contributed by atoms with Crippen LogP contribution >= 0.6 is 50.5 Å². The summed E-state index contributed by atoms with van der Waals surface area (Å²) in [5.74, 6) is 0.849. The highest BCUT2D eigenvalue weighted by atomic mass is 79.9. The number of thiophene rings is 1. The van der Waals surface area contributed by atoms with E-state index in [1.54, 1.807) is 7.11 Å². The fraction of sp³-hybridized carbons (Fsp3) is 0.231. The van der Waals surface area contributed by atoms with E-state index < -0.39 is 0 Å². The van der Waals surface area contributed by atoms with Crippen molar-refractivity contribution >= 4 is 50.5 Å². The zero-order valence-electron chi connectivity index (χ0n) is 9.62. The Kier molecular flexibility index (Phi) is 4.96. The first-order chi connectivity index (χ1) is 8.60. The number of halogens is 3. The van der Waals surface area contributed by atoms with E-state index in [-0.39, 0.29) is 5.38 Å². The number of ether oxygens (including phenoxy) is 1. The lowest BCUT2D eigenvalue weighted by atomic mass is 10.1. The molecule has 0 aliphatic carbocycles. The largest absolute Gasteiger partial charge is 0.497 e. The van der Waals surface area contributed by atoms with Crippen molar-refractivity contribution in [2.24, 2.45) is 0 Å². The van der Waals surface area contributed by atoms with Gasteiger partial charge in [-0.15, -0.1) is 22.9 Å². The van der Waals surface area contributed by atoms with Crippen LogP contribution in [0.15, 0.2) is 34.8 Å². The molecule has 18 heavy (non-hydrogen) atoms. The topological polar surface area (TPSA) is 9.23 Å². The predicted octanol–water partition coefficient (Wildman–Crippen LogP) is 5.70. The average Bonchev–Trinajstić information content (AvgIpc) is 2.70. The Bertz CT molecular complexity index is 522. The molecule has 2 rings (SSSR count). The number of hydrogen-bond donors (Lipinski definition) is 0. The second-order valence-electron chi connectivity index (χ2n) is 3.79. The lowest BCUT2D eigenvalue weighted by molar-refractivity contribution is 0.414. The summed E-state index contributed by atoms with van der Waals surface area (Å²) in [5.41, 5.74) is 1.15. The minimum absolute atomic E-state index is 0.0779. The van der Waals surface area contributed by atoms with E-state index in [0.717, 1.165) is 31.4 Å². The average molecular weight is 366 g/mol. The van der Waals surface area contributed by atoms with Crippen LogP contribution in [0.3, 0.4) is 0 Å². The van der Waals surface area contributed by atoms with Crippen LogP contribution in [0, 0.1) is 0 Å². The molecule has 96 valence electrons. The van der Waals surface area contributed by atoms with Crippen molar-refractivity contribution in [2.45, 2.75) is 11.8 Å². The standard InChI is InChI=1S/C13H11BrCl2OS/c1-17-9-4-2-3-8(5-9)6-11(15)12-7-10(14)13(16)18-12/h2-5,7,11H,6H2,1H3. The molecule has 1 heterocycles. The fourth-order valence-corrected chi connectivity index (χ4v) is 3.71. The van der Waals surface area contributed by atoms with E-state index in [4.69, 9.17) is 27.9 Å². The summed E-state index contributed by atoms with van der Waals surface area (Å²) in [6, 6.07) is 9.91. The van der Waals surface area contributed by atoms with E-state index in [1.807, 2.05) is 30.3 Å². The molecule has 1 atom stereocenters. The van der Waals surface area contributed by atoms with Gasteiger partial charge in [0.1, 0.15) is 10.1 Å². The van der Waals surface area contributed by atoms with Crippen molar-refractivity contribution in [1.82, 2.24) is 0 Å². The van der Waals surface area contributed by atoms with Crippen molar-refractivity contribution in [2.75, 3.05) is 7.11 Å². The molecule has 2 aromatic rings. The second kappa shape index (κ2) is 6.29. The molecule has 0 aliphatic rings. The number of methoxy groups -OCH3 is 1. The summed E-state index contributed by atoms with van der Waals surface area (Å²) in [7, 11) is 1.66. The maximum Gasteiger partial charge on any atom is 0.119 e. The van der Waals surface area contributed by atoms with E-state index in [1.165, 1.54) is 11.3 Å². The molecule has 1 nitrogen and oxygen atoms in total. The monoisotopic (exact) mass is 364 g/mol. The van der Waals surface area contributed by atoms with E-state index >= 15 is 0 Å². The molecular formula is C13H11BrCl2OS. The third-order valence-electron chi connectivity index (χ3n) is 2.52. The number of benzene rings is 1. The maximum atomic E-state index is 6.41. The van der Waals surface area contributed by atoms with Crippen molar-refractivity contribution < 1.29 is 4.74 Å². The van der Waals surface area contributed by atoms with Crippen LogP contribution in [0.25, 0.3) is 0 Å². The molecule has 1 aromatic carbocycles. The van der Waals surface area contributed by atoms with Gasteiger partial charge in [0.2, 0.25) is 0 Å². The Balaban J connectivity index is 2.13. The molecule has 5 heteroatoms. The van der Waals surface area contributed by atoms with E-state index in [9.17, 15) is 0 Å². The Labute approximate surface area is 129 Å². The molecule has 0 bridgehead atoms. The van der Waals surface area contributed by atoms with Crippen molar-refractivity contribution in [3.63, 3.8) is 0 Å². The van der Waals surface area contributed by atoms with Crippen molar-refractivity contribution in [3.05, 3.63) is 49.6 Å². The van der Waals surface area contributed by atoms with Crippen molar-refractivity contribution in [3.8, 4) is 5.75 Å². The van der Waals surface area contributed by atoms with Crippen LogP contribution in [-0.2, 0) is 6.42 Å². The van der Waals surface area contributed by atoms with Gasteiger partial charge in [0.05, 0.1) is 12.5 Å². The predicted molar refractivity (Wildman–Crippen MR) is 82.3 cm³/mol. The SMILES string of the molecule is COc1cccc(CC(Cl)c2cc(Br)c(Cl)s2)c1. The first kappa shape index (κ1) is 14.2. The van der Waals surface area contributed by atoms with Gasteiger partial charge in [-0.2, -0.15) is 0 Å². The van der Waals surface area contributed by atoms with Crippen LogP contribution in [0.4, 0.5) is 0 Å². The minimum atomic E-state index is -0.0779. The quantitative estimate of drug-likeness (QED) is 0.632. The molecule has 0 fully saturated rings. The third-order valence-corrected chi connectivity index (χ3v) is 5.63. The number of rotatable bonds is 4. The summed E-state index contributed by atoms with van der Waals surface area (Å²) in [6.07, 6.45) is 0.752. The fourth-order valence-electron chi connectivity index (χ4n) is 1.62. The molecule has 0 N–H and O–H groups in total. The van der Waals surface area contributed by atoms with Gasteiger partial charge in [-0.25, -0.2) is 0 Å². The highest BCUT2D eigenvalue weighted by Crippen LogP contribution is 2.38. The Morgan fingerprint density at radius 1 is 1.39 bits per heavy atom. The van der Waals surface area contributed by atoms with Crippen LogP contribution in [0.1, 0.15) is 15.8 Å². The first-order valence-corrected chi connectivity index (χ1v) is 7.74. The normalized spacial score (nSPS) is 12.4. The second-order valence-corrected chi connectivity index (χ2v) is 6.86. The minimum Gasteiger partial charge on any atom is -0.497 e. The highest BCUT2D eigenvalue weighted by molar-refractivity contribution is 9.10. The van der Waals surface area contributed by atoms with Gasteiger partial charge < -0.3 is 4.74 Å². The first-order valence-electron chi connectivity index (χ1n) is 5.32. The molecular weight excluding hydrogens is 355 g/mol. The molecule has 0 radical (unpaired) electrons. The summed E-state index contributed by atoms with van der Waals surface area (Å²) in [6.45, 7) is 0. The molecule has 0 aliphatic heterocycles. The zero-order chi connectivity index (χ0) is 13.1. The molecule has 0 spiro atoms. The van der Waals surface area contributed by atoms with Crippen molar-refractivity contribution in [1.29, 1.82) is 0 Å². The van der Waals surface area contributed by atoms with Gasteiger partial charge in [-0.05, 0) is 46.1 Å². The lowest BCUT2D eigenvalue weighted by Crippen LogP contribution is -1.94. The summed E-state index contributed by atoms with van der Waals surface area (Å²) < 4.78 is 6.84. The lowest BCUT2D eigenvalue weighted by Gasteiger charge is -2.08. The van der Waals surface area contributed by atoms with Crippen LogP contribution in [-0.4, -0.2) is 7.11 Å². The van der Waals surface area contributed by atoms with Crippen LogP contribution < -0.4 is 4.74 Å². The molecule has 1 unspecified atom stereocenters. The van der Waals surface area contributed by atoms with Gasteiger partial charge in [0, 0.05) is 9.35 Å². The molecule has 0 saturated carbocycles. The zero-order valence-corrected chi connectivity index (χ0v) is 13.5. The molecule has 0 amide bonds. The van der Waals surface area contributed by atoms with Crippen LogP contribution in [0.2, 0.25) is 4.34 Å². The van der Waals surface area contributed by atoms with E-state index in [2.05, 4.69) is 15.9 Å². The van der Waals surface area contributed by atoms with Gasteiger partial charge in [0.15, 0.2) is 0 Å². The number of alkyl halides is 1. The van der Waals surface area contributed by atoms with Gasteiger partial charge in [-0.1, -0.05) is 23.7 Å². The van der Waals surface area contributed by atoms with Gasteiger partial charge in [0.25, 0.3) is 0 Å².